The maximum atomic E-state index is 4.86. The van der Waals surface area contributed by atoms with Crippen molar-refractivity contribution in [1.29, 1.82) is 0 Å². The Bertz CT molecular complexity index is 711. The summed E-state index contributed by atoms with van der Waals surface area (Å²) in [4.78, 5) is 6.44. The molecule has 0 radical (unpaired) electrons. The van der Waals surface area contributed by atoms with Crippen LogP contribution in [0.5, 0.6) is 0 Å². The highest BCUT2D eigenvalue weighted by Gasteiger charge is 2.17. The molecule has 0 spiro atoms. The van der Waals surface area contributed by atoms with Crippen molar-refractivity contribution < 1.29 is 0 Å². The Morgan fingerprint density at radius 1 is 1.06 bits per heavy atom. The second kappa shape index (κ2) is 3.54. The number of rotatable bonds is 0. The number of pyridine rings is 1. The van der Waals surface area contributed by atoms with Crippen LogP contribution in [0.15, 0.2) is 30.3 Å². The van der Waals surface area contributed by atoms with Gasteiger partial charge in [-0.15, -0.1) is 11.3 Å². The number of aromatic nitrogens is 1. The third-order valence-electron chi connectivity index (χ3n) is 3.63. The summed E-state index contributed by atoms with van der Waals surface area (Å²) in [5.41, 5.74) is 3.93. The van der Waals surface area contributed by atoms with Gasteiger partial charge in [0.15, 0.2) is 0 Å². The van der Waals surface area contributed by atoms with E-state index in [1.54, 1.807) is 4.88 Å². The summed E-state index contributed by atoms with van der Waals surface area (Å²) < 4.78 is 1.37. The number of fused-ring (bicyclic) bond motifs is 4. The fourth-order valence-electron chi connectivity index (χ4n) is 2.76. The van der Waals surface area contributed by atoms with Crippen molar-refractivity contribution in [2.75, 3.05) is 0 Å². The van der Waals surface area contributed by atoms with Gasteiger partial charge in [0.05, 0.1) is 15.7 Å². The predicted molar refractivity (Wildman–Crippen MR) is 73.8 cm³/mol. The zero-order chi connectivity index (χ0) is 11.2. The van der Waals surface area contributed by atoms with Gasteiger partial charge in [-0.1, -0.05) is 18.2 Å². The first-order valence-electron chi connectivity index (χ1n) is 6.22. The quantitative estimate of drug-likeness (QED) is 0.569. The molecule has 0 N–H and O–H groups in total. The van der Waals surface area contributed by atoms with E-state index in [0.717, 1.165) is 5.52 Å². The van der Waals surface area contributed by atoms with E-state index < -0.39 is 0 Å². The largest absolute Gasteiger partial charge is 0.247 e. The second-order valence-electron chi connectivity index (χ2n) is 4.74. The third kappa shape index (κ3) is 1.40. The lowest BCUT2D eigenvalue weighted by atomic mass is 9.98. The van der Waals surface area contributed by atoms with Crippen molar-refractivity contribution in [3.05, 3.63) is 40.8 Å². The Morgan fingerprint density at radius 3 is 2.94 bits per heavy atom. The topological polar surface area (TPSA) is 12.9 Å². The van der Waals surface area contributed by atoms with Gasteiger partial charge in [-0.25, -0.2) is 4.98 Å². The molecule has 84 valence electrons. The van der Waals surface area contributed by atoms with Gasteiger partial charge in [-0.2, -0.15) is 0 Å². The van der Waals surface area contributed by atoms with Gasteiger partial charge in [0.2, 0.25) is 0 Å². The Hall–Kier alpha value is -1.41. The van der Waals surface area contributed by atoms with E-state index in [1.165, 1.54) is 46.8 Å². The molecule has 0 fully saturated rings. The van der Waals surface area contributed by atoms with Crippen LogP contribution in [0.25, 0.3) is 21.1 Å². The van der Waals surface area contributed by atoms with Crippen molar-refractivity contribution in [2.24, 2.45) is 0 Å². The molecule has 0 unspecified atom stereocenters. The minimum Gasteiger partial charge on any atom is -0.247 e. The lowest BCUT2D eigenvalue weighted by molar-refractivity contribution is 0.699. The van der Waals surface area contributed by atoms with Gasteiger partial charge >= 0.3 is 0 Å². The van der Waals surface area contributed by atoms with Crippen LogP contribution >= 0.6 is 11.3 Å². The summed E-state index contributed by atoms with van der Waals surface area (Å²) in [6.07, 6.45) is 5.15. The van der Waals surface area contributed by atoms with E-state index in [-0.39, 0.29) is 0 Å². The Kier molecular flexibility index (Phi) is 2.00. The van der Waals surface area contributed by atoms with Crippen LogP contribution in [-0.2, 0) is 12.8 Å². The highest BCUT2D eigenvalue weighted by Crippen LogP contribution is 2.36. The van der Waals surface area contributed by atoms with Gasteiger partial charge in [-0.3, -0.25) is 0 Å². The van der Waals surface area contributed by atoms with E-state index in [4.69, 9.17) is 4.98 Å². The number of benzene rings is 1. The molecule has 0 amide bonds. The molecule has 3 aromatic rings. The third-order valence-corrected chi connectivity index (χ3v) is 4.85. The van der Waals surface area contributed by atoms with Crippen molar-refractivity contribution in [3.63, 3.8) is 0 Å². The molecule has 1 nitrogen and oxygen atoms in total. The summed E-state index contributed by atoms with van der Waals surface area (Å²) >= 11 is 1.95. The van der Waals surface area contributed by atoms with Gasteiger partial charge < -0.3 is 0 Å². The number of nitrogens with zero attached hydrogens (tertiary/aromatic N) is 1. The molecule has 17 heavy (non-hydrogen) atoms. The van der Waals surface area contributed by atoms with E-state index in [1.807, 2.05) is 11.3 Å². The van der Waals surface area contributed by atoms with Crippen molar-refractivity contribution in [1.82, 2.24) is 4.98 Å². The van der Waals surface area contributed by atoms with Crippen LogP contribution in [-0.4, -0.2) is 4.98 Å². The molecular formula is C15H13NS. The fraction of sp³-hybridized carbons (Fsp3) is 0.267. The average molecular weight is 239 g/mol. The number of thiophene rings is 1. The minimum absolute atomic E-state index is 1.13. The molecule has 0 bridgehead atoms. The lowest BCUT2D eigenvalue weighted by Gasteiger charge is -2.09. The SMILES string of the molecule is c1ccc2nc3c4c(sc3cc2c1)CCCC4. The lowest BCUT2D eigenvalue weighted by Crippen LogP contribution is -1.98. The molecule has 2 heterocycles. The normalized spacial score (nSPS) is 15.3. The number of hydrogen-bond donors (Lipinski definition) is 0. The van der Waals surface area contributed by atoms with Crippen LogP contribution in [0.4, 0.5) is 0 Å². The van der Waals surface area contributed by atoms with E-state index in [2.05, 4.69) is 30.3 Å². The molecule has 1 aliphatic carbocycles. The summed E-state index contributed by atoms with van der Waals surface area (Å²) in [6, 6.07) is 10.7. The van der Waals surface area contributed by atoms with E-state index >= 15 is 0 Å². The summed E-state index contributed by atoms with van der Waals surface area (Å²) in [5, 5.41) is 1.26. The Balaban J connectivity index is 2.11. The van der Waals surface area contributed by atoms with Gasteiger partial charge in [0.25, 0.3) is 0 Å². The first-order valence-corrected chi connectivity index (χ1v) is 7.03. The highest BCUT2D eigenvalue weighted by atomic mass is 32.1. The summed E-state index contributed by atoms with van der Waals surface area (Å²) in [7, 11) is 0. The molecule has 0 atom stereocenters. The second-order valence-corrected chi connectivity index (χ2v) is 5.88. The zero-order valence-corrected chi connectivity index (χ0v) is 10.4. The maximum Gasteiger partial charge on any atom is 0.0852 e. The molecule has 2 heteroatoms. The standard InChI is InChI=1S/C15H13NS/c1-3-7-12-10(5-1)9-14-15(16-12)11-6-2-4-8-13(11)17-14/h1,3,5,7,9H,2,4,6,8H2. The number of hydrogen-bond acceptors (Lipinski definition) is 2. The monoisotopic (exact) mass is 239 g/mol. The van der Waals surface area contributed by atoms with Gasteiger partial charge in [0, 0.05) is 10.3 Å². The number of para-hydroxylation sites is 1. The summed E-state index contributed by atoms with van der Waals surface area (Å²) in [6.45, 7) is 0. The van der Waals surface area contributed by atoms with Gasteiger partial charge in [-0.05, 0) is 43.4 Å². The van der Waals surface area contributed by atoms with Crippen molar-refractivity contribution in [2.45, 2.75) is 25.7 Å². The molecule has 1 aliphatic rings. The molecular weight excluding hydrogens is 226 g/mol. The van der Waals surface area contributed by atoms with Gasteiger partial charge in [0.1, 0.15) is 0 Å². The smallest absolute Gasteiger partial charge is 0.0852 e. The van der Waals surface area contributed by atoms with Crippen molar-refractivity contribution >= 4 is 32.5 Å². The molecule has 0 saturated heterocycles. The molecule has 0 saturated carbocycles. The zero-order valence-electron chi connectivity index (χ0n) is 9.57. The first-order chi connectivity index (χ1) is 8.42. The predicted octanol–water partition coefficient (Wildman–Crippen LogP) is 4.33. The van der Waals surface area contributed by atoms with Crippen LogP contribution in [0.3, 0.4) is 0 Å². The first kappa shape index (κ1) is 9.60. The molecule has 4 rings (SSSR count). The van der Waals surface area contributed by atoms with Crippen molar-refractivity contribution in [3.8, 4) is 0 Å². The highest BCUT2D eigenvalue weighted by molar-refractivity contribution is 7.19. The Labute approximate surface area is 104 Å². The van der Waals surface area contributed by atoms with E-state index in [0.29, 0.717) is 0 Å². The maximum absolute atomic E-state index is 4.86. The van der Waals surface area contributed by atoms with Crippen LogP contribution < -0.4 is 0 Å². The minimum atomic E-state index is 1.13. The molecule has 2 aromatic heterocycles. The fourth-order valence-corrected chi connectivity index (χ4v) is 4.05. The summed E-state index contributed by atoms with van der Waals surface area (Å²) in [5.74, 6) is 0. The number of aryl methyl sites for hydroxylation is 2. The molecule has 0 aliphatic heterocycles. The van der Waals surface area contributed by atoms with Crippen LogP contribution in [0.1, 0.15) is 23.3 Å². The molecule has 1 aromatic carbocycles. The van der Waals surface area contributed by atoms with Crippen LogP contribution in [0, 0.1) is 0 Å². The van der Waals surface area contributed by atoms with E-state index in [9.17, 15) is 0 Å². The van der Waals surface area contributed by atoms with Crippen LogP contribution in [0.2, 0.25) is 0 Å². The average Bonchev–Trinajstić information content (AvgIpc) is 2.73. The Morgan fingerprint density at radius 2 is 1.94 bits per heavy atom.